The fourth-order valence-corrected chi connectivity index (χ4v) is 2.68. The van der Waals surface area contributed by atoms with Crippen LogP contribution in [0.3, 0.4) is 0 Å². The number of rotatable bonds is 5. The number of aryl methyl sites for hydroxylation is 1. The first-order valence-corrected chi connectivity index (χ1v) is 7.33. The Kier molecular flexibility index (Phi) is 4.11. The van der Waals surface area contributed by atoms with Gasteiger partial charge in [0, 0.05) is 6.42 Å². The molecule has 1 aliphatic rings. The zero-order chi connectivity index (χ0) is 14.7. The van der Waals surface area contributed by atoms with Crippen LogP contribution in [0.25, 0.3) is 0 Å². The first kappa shape index (κ1) is 14.0. The molecule has 2 aromatic rings. The van der Waals surface area contributed by atoms with Crippen molar-refractivity contribution < 1.29 is 14.6 Å². The monoisotopic (exact) mass is 284 g/mol. The van der Waals surface area contributed by atoms with Gasteiger partial charge in [-0.25, -0.2) is 0 Å². The molecule has 1 unspecified atom stereocenters. The Bertz CT molecular complexity index is 604. The van der Waals surface area contributed by atoms with E-state index in [9.17, 15) is 5.11 Å². The molecule has 3 rings (SSSR count). The van der Waals surface area contributed by atoms with Gasteiger partial charge in [0.25, 0.3) is 0 Å². The Hall–Kier alpha value is -2.00. The molecular formula is C18H20O3. The van der Waals surface area contributed by atoms with Crippen LogP contribution >= 0.6 is 0 Å². The molecule has 0 saturated heterocycles. The van der Waals surface area contributed by atoms with E-state index in [0.29, 0.717) is 6.42 Å². The number of hydrogen-bond donors (Lipinski definition) is 1. The lowest BCUT2D eigenvalue weighted by molar-refractivity contribution is 0.167. The van der Waals surface area contributed by atoms with Crippen LogP contribution in [0.4, 0.5) is 0 Å². The van der Waals surface area contributed by atoms with Crippen molar-refractivity contribution in [1.29, 1.82) is 0 Å². The Balaban J connectivity index is 1.61. The van der Waals surface area contributed by atoms with Gasteiger partial charge < -0.3 is 14.6 Å². The quantitative estimate of drug-likeness (QED) is 0.915. The van der Waals surface area contributed by atoms with E-state index in [0.717, 1.165) is 36.5 Å². The Morgan fingerprint density at radius 2 is 2.00 bits per heavy atom. The van der Waals surface area contributed by atoms with Crippen molar-refractivity contribution in [3.63, 3.8) is 0 Å². The maximum Gasteiger partial charge on any atom is 0.122 e. The van der Waals surface area contributed by atoms with E-state index in [4.69, 9.17) is 9.47 Å². The van der Waals surface area contributed by atoms with E-state index in [1.807, 2.05) is 36.4 Å². The van der Waals surface area contributed by atoms with E-state index in [2.05, 4.69) is 6.07 Å². The van der Waals surface area contributed by atoms with Gasteiger partial charge in [-0.15, -0.1) is 0 Å². The molecular weight excluding hydrogens is 264 g/mol. The minimum absolute atomic E-state index is 0.432. The first-order chi connectivity index (χ1) is 10.3. The number of aliphatic hydroxyl groups excluding tert-OH is 1. The van der Waals surface area contributed by atoms with E-state index < -0.39 is 6.10 Å². The van der Waals surface area contributed by atoms with E-state index in [1.54, 1.807) is 7.11 Å². The lowest BCUT2D eigenvalue weighted by Gasteiger charge is -2.12. The predicted octanol–water partition coefficient (Wildman–Crippen LogP) is 3.30. The van der Waals surface area contributed by atoms with E-state index in [-0.39, 0.29) is 0 Å². The SMILES string of the molecule is COc1ccc(CCC(O)c2ccc3c(c2)CCO3)cc1. The molecule has 0 radical (unpaired) electrons. The summed E-state index contributed by atoms with van der Waals surface area (Å²) in [6.07, 6.45) is 2.07. The molecule has 3 nitrogen and oxygen atoms in total. The van der Waals surface area contributed by atoms with Gasteiger partial charge in [-0.2, -0.15) is 0 Å². The number of aliphatic hydroxyl groups is 1. The third-order valence-electron chi connectivity index (χ3n) is 3.96. The summed E-state index contributed by atoms with van der Waals surface area (Å²) in [5.41, 5.74) is 3.39. The summed E-state index contributed by atoms with van der Waals surface area (Å²) in [6.45, 7) is 0.751. The summed E-state index contributed by atoms with van der Waals surface area (Å²) < 4.78 is 10.6. The summed E-state index contributed by atoms with van der Waals surface area (Å²) in [5, 5.41) is 10.3. The van der Waals surface area contributed by atoms with Crippen LogP contribution in [0.2, 0.25) is 0 Å². The Morgan fingerprint density at radius 3 is 2.76 bits per heavy atom. The van der Waals surface area contributed by atoms with Crippen LogP contribution in [0.15, 0.2) is 42.5 Å². The zero-order valence-electron chi connectivity index (χ0n) is 12.2. The summed E-state index contributed by atoms with van der Waals surface area (Å²) in [5.74, 6) is 1.82. The Labute approximate surface area is 125 Å². The standard InChI is InChI=1S/C18H20O3/c1-20-16-6-2-13(3-7-16)4-8-17(19)14-5-9-18-15(12-14)10-11-21-18/h2-3,5-7,9,12,17,19H,4,8,10-11H2,1H3. The van der Waals surface area contributed by atoms with Crippen molar-refractivity contribution in [3.8, 4) is 11.5 Å². The highest BCUT2D eigenvalue weighted by atomic mass is 16.5. The van der Waals surface area contributed by atoms with Gasteiger partial charge in [0.15, 0.2) is 0 Å². The van der Waals surface area contributed by atoms with Crippen molar-refractivity contribution in [2.24, 2.45) is 0 Å². The van der Waals surface area contributed by atoms with Crippen LogP contribution in [0.5, 0.6) is 11.5 Å². The largest absolute Gasteiger partial charge is 0.497 e. The number of methoxy groups -OCH3 is 1. The first-order valence-electron chi connectivity index (χ1n) is 7.33. The van der Waals surface area contributed by atoms with Gasteiger partial charge in [0.2, 0.25) is 0 Å². The molecule has 0 amide bonds. The molecule has 1 atom stereocenters. The summed E-state index contributed by atoms with van der Waals surface area (Å²) in [7, 11) is 1.66. The third-order valence-corrected chi connectivity index (χ3v) is 3.96. The van der Waals surface area contributed by atoms with Crippen molar-refractivity contribution in [3.05, 3.63) is 59.2 Å². The van der Waals surface area contributed by atoms with Crippen molar-refractivity contribution in [1.82, 2.24) is 0 Å². The highest BCUT2D eigenvalue weighted by Crippen LogP contribution is 2.29. The van der Waals surface area contributed by atoms with Crippen LogP contribution < -0.4 is 9.47 Å². The summed E-state index contributed by atoms with van der Waals surface area (Å²) in [6, 6.07) is 14.0. The lowest BCUT2D eigenvalue weighted by Crippen LogP contribution is -2.00. The molecule has 0 bridgehead atoms. The normalized spacial score (nSPS) is 14.4. The molecule has 110 valence electrons. The summed E-state index contributed by atoms with van der Waals surface area (Å²) in [4.78, 5) is 0. The van der Waals surface area contributed by atoms with Gasteiger partial charge in [-0.05, 0) is 53.8 Å². The van der Waals surface area contributed by atoms with Gasteiger partial charge in [-0.3, -0.25) is 0 Å². The topological polar surface area (TPSA) is 38.7 Å². The van der Waals surface area contributed by atoms with Gasteiger partial charge in [0.05, 0.1) is 19.8 Å². The number of fused-ring (bicyclic) bond motifs is 1. The van der Waals surface area contributed by atoms with Crippen LogP contribution in [0, 0.1) is 0 Å². The molecule has 1 N–H and O–H groups in total. The fourth-order valence-electron chi connectivity index (χ4n) is 2.68. The predicted molar refractivity (Wildman–Crippen MR) is 81.9 cm³/mol. The van der Waals surface area contributed by atoms with Crippen LogP contribution in [-0.4, -0.2) is 18.8 Å². The molecule has 1 aliphatic heterocycles. The molecule has 0 fully saturated rings. The maximum absolute atomic E-state index is 10.3. The number of benzene rings is 2. The average molecular weight is 284 g/mol. The van der Waals surface area contributed by atoms with E-state index in [1.165, 1.54) is 11.1 Å². The minimum Gasteiger partial charge on any atom is -0.497 e. The second-order valence-corrected chi connectivity index (χ2v) is 5.37. The molecule has 0 spiro atoms. The van der Waals surface area contributed by atoms with Crippen LogP contribution in [-0.2, 0) is 12.8 Å². The molecule has 21 heavy (non-hydrogen) atoms. The molecule has 0 aromatic heterocycles. The lowest BCUT2D eigenvalue weighted by atomic mass is 9.99. The van der Waals surface area contributed by atoms with Crippen LogP contribution in [0.1, 0.15) is 29.2 Å². The molecule has 2 aromatic carbocycles. The smallest absolute Gasteiger partial charge is 0.122 e. The second-order valence-electron chi connectivity index (χ2n) is 5.37. The Morgan fingerprint density at radius 1 is 1.19 bits per heavy atom. The van der Waals surface area contributed by atoms with Gasteiger partial charge in [0.1, 0.15) is 11.5 Å². The average Bonchev–Trinajstić information content (AvgIpc) is 3.00. The van der Waals surface area contributed by atoms with E-state index >= 15 is 0 Å². The fraction of sp³-hybridized carbons (Fsp3) is 0.333. The molecule has 1 heterocycles. The zero-order valence-corrected chi connectivity index (χ0v) is 12.2. The van der Waals surface area contributed by atoms with Crippen molar-refractivity contribution >= 4 is 0 Å². The summed E-state index contributed by atoms with van der Waals surface area (Å²) >= 11 is 0. The second kappa shape index (κ2) is 6.19. The van der Waals surface area contributed by atoms with Crippen molar-refractivity contribution in [2.45, 2.75) is 25.4 Å². The third kappa shape index (κ3) is 3.19. The number of hydrogen-bond acceptors (Lipinski definition) is 3. The maximum atomic E-state index is 10.3. The van der Waals surface area contributed by atoms with Crippen molar-refractivity contribution in [2.75, 3.05) is 13.7 Å². The highest BCUT2D eigenvalue weighted by molar-refractivity contribution is 5.40. The highest BCUT2D eigenvalue weighted by Gasteiger charge is 2.15. The number of ether oxygens (including phenoxy) is 2. The molecule has 0 aliphatic carbocycles. The molecule has 0 saturated carbocycles. The molecule has 3 heteroatoms. The van der Waals surface area contributed by atoms with Gasteiger partial charge in [-0.1, -0.05) is 18.2 Å². The van der Waals surface area contributed by atoms with Gasteiger partial charge >= 0.3 is 0 Å². The minimum atomic E-state index is -0.432.